The number of carbonyl (C=O) groups is 1. The first-order chi connectivity index (χ1) is 9.47. The fourth-order valence-electron chi connectivity index (χ4n) is 2.03. The smallest absolute Gasteiger partial charge is 0.311 e. The summed E-state index contributed by atoms with van der Waals surface area (Å²) in [6.45, 7) is 4.06. The highest BCUT2D eigenvalue weighted by Crippen LogP contribution is 2.22. The van der Waals surface area contributed by atoms with Gasteiger partial charge in [0.05, 0.1) is 11.6 Å². The van der Waals surface area contributed by atoms with E-state index in [1.165, 1.54) is 0 Å². The van der Waals surface area contributed by atoms with Crippen molar-refractivity contribution in [2.45, 2.75) is 32.2 Å². The minimum Gasteiger partial charge on any atom is -0.481 e. The van der Waals surface area contributed by atoms with Crippen molar-refractivity contribution < 1.29 is 9.90 Å². The second-order valence-corrected chi connectivity index (χ2v) is 5.46. The van der Waals surface area contributed by atoms with Gasteiger partial charge in [0, 0.05) is 23.7 Å². The number of aromatic nitrogens is 2. The number of nitrogens with zero attached hydrogens (tertiary/aromatic N) is 2. The number of carboxylic acids is 1. The van der Waals surface area contributed by atoms with E-state index in [1.54, 1.807) is 24.3 Å². The Kier molecular flexibility index (Phi) is 4.45. The van der Waals surface area contributed by atoms with Gasteiger partial charge >= 0.3 is 5.97 Å². The summed E-state index contributed by atoms with van der Waals surface area (Å²) in [6, 6.07) is 9.05. The first kappa shape index (κ1) is 14.6. The molecule has 0 fully saturated rings. The molecule has 20 heavy (non-hydrogen) atoms. The van der Waals surface area contributed by atoms with Crippen LogP contribution in [0.1, 0.15) is 37.1 Å². The molecule has 1 aromatic heterocycles. The topological polar surface area (TPSA) is 55.1 Å². The maximum atomic E-state index is 11.5. The van der Waals surface area contributed by atoms with Crippen LogP contribution in [0.15, 0.2) is 36.5 Å². The molecule has 0 spiro atoms. The van der Waals surface area contributed by atoms with Gasteiger partial charge in [-0.15, -0.1) is 0 Å². The van der Waals surface area contributed by atoms with E-state index >= 15 is 0 Å². The van der Waals surface area contributed by atoms with Crippen molar-refractivity contribution in [3.8, 4) is 0 Å². The third kappa shape index (κ3) is 3.39. The molecule has 0 bridgehead atoms. The lowest BCUT2D eigenvalue weighted by Crippen LogP contribution is -2.15. The quantitative estimate of drug-likeness (QED) is 0.917. The highest BCUT2D eigenvalue weighted by molar-refractivity contribution is 6.30. The first-order valence-electron chi connectivity index (χ1n) is 6.49. The minimum absolute atomic E-state index is 0.266. The number of benzene rings is 1. The molecule has 4 nitrogen and oxygen atoms in total. The van der Waals surface area contributed by atoms with E-state index in [0.29, 0.717) is 11.4 Å². The maximum Gasteiger partial charge on any atom is 0.311 e. The minimum atomic E-state index is -0.855. The number of carboxylic acid groups (broad SMARTS) is 1. The molecule has 2 rings (SSSR count). The second kappa shape index (κ2) is 6.09. The van der Waals surface area contributed by atoms with Gasteiger partial charge in [0.25, 0.3) is 0 Å². The maximum absolute atomic E-state index is 11.5. The Bertz CT molecular complexity index is 590. The molecular weight excluding hydrogens is 276 g/mol. The number of halogens is 1. The lowest BCUT2D eigenvalue weighted by molar-refractivity contribution is -0.138. The molecule has 0 saturated carbocycles. The van der Waals surface area contributed by atoms with Gasteiger partial charge in [-0.1, -0.05) is 23.7 Å². The Hall–Kier alpha value is -1.81. The van der Waals surface area contributed by atoms with E-state index in [1.807, 2.05) is 30.8 Å². The van der Waals surface area contributed by atoms with Crippen LogP contribution in [0.25, 0.3) is 0 Å². The van der Waals surface area contributed by atoms with E-state index in [2.05, 4.69) is 5.10 Å². The predicted molar refractivity (Wildman–Crippen MR) is 78.1 cm³/mol. The van der Waals surface area contributed by atoms with Crippen LogP contribution < -0.4 is 0 Å². The summed E-state index contributed by atoms with van der Waals surface area (Å²) < 4.78 is 1.83. The molecule has 0 aliphatic heterocycles. The van der Waals surface area contributed by atoms with Crippen LogP contribution in [0.3, 0.4) is 0 Å². The molecule has 1 heterocycles. The molecule has 5 heteroatoms. The molecule has 0 aliphatic carbocycles. The van der Waals surface area contributed by atoms with Crippen molar-refractivity contribution in [1.82, 2.24) is 9.78 Å². The van der Waals surface area contributed by atoms with Gasteiger partial charge in [-0.2, -0.15) is 5.10 Å². The molecule has 2 aromatic rings. The van der Waals surface area contributed by atoms with Gasteiger partial charge in [0.1, 0.15) is 0 Å². The molecule has 0 amide bonds. The summed E-state index contributed by atoms with van der Waals surface area (Å²) in [4.78, 5) is 11.5. The molecular formula is C15H17ClN2O2. The Balaban J connectivity index is 2.21. The van der Waals surface area contributed by atoms with Gasteiger partial charge in [-0.25, -0.2) is 0 Å². The van der Waals surface area contributed by atoms with E-state index < -0.39 is 11.9 Å². The Labute approximate surface area is 123 Å². The van der Waals surface area contributed by atoms with Crippen LogP contribution in [0, 0.1) is 0 Å². The van der Waals surface area contributed by atoms with E-state index in [0.717, 1.165) is 11.3 Å². The Morgan fingerprint density at radius 2 is 1.95 bits per heavy atom. The van der Waals surface area contributed by atoms with Crippen LogP contribution in [0.5, 0.6) is 0 Å². The van der Waals surface area contributed by atoms with Gasteiger partial charge in [-0.05, 0) is 37.6 Å². The van der Waals surface area contributed by atoms with Crippen LogP contribution in [-0.2, 0) is 11.2 Å². The fraction of sp³-hybridized carbons (Fsp3) is 0.333. The van der Waals surface area contributed by atoms with Gasteiger partial charge in [-0.3, -0.25) is 9.48 Å². The summed E-state index contributed by atoms with van der Waals surface area (Å²) in [6.07, 6.45) is 2.25. The molecule has 1 aromatic carbocycles. The third-order valence-corrected chi connectivity index (χ3v) is 3.43. The second-order valence-electron chi connectivity index (χ2n) is 5.03. The van der Waals surface area contributed by atoms with Crippen LogP contribution in [0.4, 0.5) is 0 Å². The average molecular weight is 293 g/mol. The van der Waals surface area contributed by atoms with Crippen molar-refractivity contribution in [2.75, 3.05) is 0 Å². The molecule has 1 unspecified atom stereocenters. The third-order valence-electron chi connectivity index (χ3n) is 3.18. The Morgan fingerprint density at radius 1 is 1.30 bits per heavy atom. The summed E-state index contributed by atoms with van der Waals surface area (Å²) in [5, 5.41) is 14.4. The zero-order chi connectivity index (χ0) is 14.7. The van der Waals surface area contributed by atoms with Gasteiger partial charge < -0.3 is 5.11 Å². The zero-order valence-electron chi connectivity index (χ0n) is 11.5. The highest BCUT2D eigenvalue weighted by atomic mass is 35.5. The first-order valence-corrected chi connectivity index (χ1v) is 6.87. The number of rotatable bonds is 5. The fourth-order valence-corrected chi connectivity index (χ4v) is 2.15. The molecule has 106 valence electrons. The largest absolute Gasteiger partial charge is 0.481 e. The normalized spacial score (nSPS) is 12.6. The van der Waals surface area contributed by atoms with Crippen molar-refractivity contribution >= 4 is 17.6 Å². The lowest BCUT2D eigenvalue weighted by atomic mass is 9.94. The van der Waals surface area contributed by atoms with E-state index in [9.17, 15) is 9.90 Å². The summed E-state index contributed by atoms with van der Waals surface area (Å²) in [5.74, 6) is -1.46. The molecule has 1 atom stereocenters. The SMILES string of the molecule is CC(C)n1ccc(CC(C(=O)O)c2ccc(Cl)cc2)n1. The predicted octanol–water partition coefficient (Wildman–Crippen LogP) is 3.53. The Morgan fingerprint density at radius 3 is 2.45 bits per heavy atom. The molecule has 0 saturated heterocycles. The van der Waals surface area contributed by atoms with E-state index in [4.69, 9.17) is 11.6 Å². The van der Waals surface area contributed by atoms with Gasteiger partial charge in [0.2, 0.25) is 0 Å². The zero-order valence-corrected chi connectivity index (χ0v) is 12.2. The number of hydrogen-bond acceptors (Lipinski definition) is 2. The van der Waals surface area contributed by atoms with Crippen LogP contribution >= 0.6 is 11.6 Å². The van der Waals surface area contributed by atoms with Crippen molar-refractivity contribution in [2.24, 2.45) is 0 Å². The standard InChI is InChI=1S/C15H17ClN2O2/c1-10(2)18-8-7-13(17-18)9-14(15(19)20)11-3-5-12(16)6-4-11/h3-8,10,14H,9H2,1-2H3,(H,19,20). The van der Waals surface area contributed by atoms with Crippen molar-refractivity contribution in [1.29, 1.82) is 0 Å². The number of aliphatic carboxylic acids is 1. The summed E-state index contributed by atoms with van der Waals surface area (Å²) >= 11 is 5.83. The summed E-state index contributed by atoms with van der Waals surface area (Å²) in [7, 11) is 0. The highest BCUT2D eigenvalue weighted by Gasteiger charge is 2.21. The van der Waals surface area contributed by atoms with Crippen molar-refractivity contribution in [3.63, 3.8) is 0 Å². The van der Waals surface area contributed by atoms with E-state index in [-0.39, 0.29) is 6.04 Å². The molecule has 0 radical (unpaired) electrons. The number of hydrogen-bond donors (Lipinski definition) is 1. The molecule has 1 N–H and O–H groups in total. The van der Waals surface area contributed by atoms with Gasteiger partial charge in [0.15, 0.2) is 0 Å². The lowest BCUT2D eigenvalue weighted by Gasteiger charge is -2.11. The van der Waals surface area contributed by atoms with Crippen LogP contribution in [0.2, 0.25) is 5.02 Å². The van der Waals surface area contributed by atoms with Crippen LogP contribution in [-0.4, -0.2) is 20.9 Å². The average Bonchev–Trinajstić information content (AvgIpc) is 2.86. The molecule has 0 aliphatic rings. The summed E-state index contributed by atoms with van der Waals surface area (Å²) in [5.41, 5.74) is 1.52. The monoisotopic (exact) mass is 292 g/mol. The van der Waals surface area contributed by atoms with Crippen molar-refractivity contribution in [3.05, 3.63) is 52.8 Å².